The second-order valence-electron chi connectivity index (χ2n) is 6.30. The molecule has 1 amide bonds. The molecular weight excluding hydrogens is 470 g/mol. The van der Waals surface area contributed by atoms with Crippen molar-refractivity contribution in [1.29, 1.82) is 0 Å². The number of thioether (sulfide) groups is 1. The molecule has 12 nitrogen and oxygen atoms in total. The number of sulfonamides is 1. The van der Waals surface area contributed by atoms with Crippen LogP contribution in [0.3, 0.4) is 0 Å². The average Bonchev–Trinajstić information content (AvgIpc) is 2.77. The first-order chi connectivity index (χ1) is 15.7. The van der Waals surface area contributed by atoms with Crippen LogP contribution < -0.4 is 16.2 Å². The van der Waals surface area contributed by atoms with Gasteiger partial charge in [-0.2, -0.15) is 5.11 Å². The van der Waals surface area contributed by atoms with Crippen molar-refractivity contribution in [3.63, 3.8) is 0 Å². The number of nitrogens with two attached hydrogens (primary N) is 2. The lowest BCUT2D eigenvalue weighted by Crippen LogP contribution is -2.30. The number of aromatic nitrogens is 2. The summed E-state index contributed by atoms with van der Waals surface area (Å²) in [4.78, 5) is 30.5. The molecule has 0 aliphatic carbocycles. The minimum absolute atomic E-state index is 0.0125. The standard InChI is InChI=1S/C19H17N7O5S2/c20-16-15(17(21)23-19(22-16)32-10-14(27)28)25-24-12-6-8-13(9-7-12)33(30,31)26-18(29)11-4-2-1-3-5-11/h1-9H,10H2,(H,26,29)(H,27,28)(H4,20,21,22,23). The van der Waals surface area contributed by atoms with Crippen LogP contribution in [0.1, 0.15) is 10.4 Å². The SMILES string of the molecule is Nc1nc(SCC(=O)O)nc(N)c1N=Nc1ccc(S(=O)(=O)NC(=O)c2ccccc2)cc1. The number of rotatable bonds is 8. The van der Waals surface area contributed by atoms with Gasteiger partial charge in [0.25, 0.3) is 15.9 Å². The van der Waals surface area contributed by atoms with E-state index < -0.39 is 21.9 Å². The predicted molar refractivity (Wildman–Crippen MR) is 121 cm³/mol. The van der Waals surface area contributed by atoms with E-state index in [1.807, 2.05) is 4.72 Å². The smallest absolute Gasteiger partial charge is 0.313 e. The van der Waals surface area contributed by atoms with E-state index in [1.54, 1.807) is 18.2 Å². The number of carbonyl (C=O) groups excluding carboxylic acids is 1. The largest absolute Gasteiger partial charge is 0.481 e. The van der Waals surface area contributed by atoms with E-state index in [4.69, 9.17) is 16.6 Å². The van der Waals surface area contributed by atoms with E-state index in [0.717, 1.165) is 11.8 Å². The molecule has 170 valence electrons. The summed E-state index contributed by atoms with van der Waals surface area (Å²) < 4.78 is 26.9. The van der Waals surface area contributed by atoms with Crippen molar-refractivity contribution in [1.82, 2.24) is 14.7 Å². The molecule has 3 rings (SSSR count). The van der Waals surface area contributed by atoms with Gasteiger partial charge in [0, 0.05) is 5.56 Å². The Labute approximate surface area is 192 Å². The highest BCUT2D eigenvalue weighted by Crippen LogP contribution is 2.30. The summed E-state index contributed by atoms with van der Waals surface area (Å²) in [5.41, 5.74) is 12.1. The molecule has 0 saturated heterocycles. The quantitative estimate of drug-likeness (QED) is 0.207. The Hall–Kier alpha value is -4.04. The number of hydrogen-bond donors (Lipinski definition) is 4. The van der Waals surface area contributed by atoms with Gasteiger partial charge < -0.3 is 16.6 Å². The molecule has 0 radical (unpaired) electrons. The first kappa shape index (κ1) is 23.6. The van der Waals surface area contributed by atoms with Gasteiger partial charge in [-0.05, 0) is 36.4 Å². The molecular formula is C19H17N7O5S2. The number of nitrogens with one attached hydrogen (secondary N) is 1. The molecule has 14 heteroatoms. The molecule has 0 saturated carbocycles. The summed E-state index contributed by atoms with van der Waals surface area (Å²) in [6.45, 7) is 0. The lowest BCUT2D eigenvalue weighted by molar-refractivity contribution is -0.133. The number of azo groups is 1. The summed E-state index contributed by atoms with van der Waals surface area (Å²) >= 11 is 0.846. The summed E-state index contributed by atoms with van der Waals surface area (Å²) in [6.07, 6.45) is 0. The first-order valence-corrected chi connectivity index (χ1v) is 11.5. The van der Waals surface area contributed by atoms with Gasteiger partial charge >= 0.3 is 5.97 Å². The number of hydrogen-bond acceptors (Lipinski definition) is 11. The van der Waals surface area contributed by atoms with Crippen LogP contribution in [0, 0.1) is 0 Å². The molecule has 0 fully saturated rings. The van der Waals surface area contributed by atoms with Crippen LogP contribution in [0.15, 0.2) is 74.9 Å². The molecule has 6 N–H and O–H groups in total. The Morgan fingerprint density at radius 3 is 2.15 bits per heavy atom. The number of aliphatic carboxylic acids is 1. The molecule has 0 unspecified atom stereocenters. The van der Waals surface area contributed by atoms with Crippen LogP contribution in [0.4, 0.5) is 23.0 Å². The number of nitrogens with zero attached hydrogens (tertiary/aromatic N) is 4. The molecule has 0 spiro atoms. The van der Waals surface area contributed by atoms with Crippen LogP contribution in [-0.2, 0) is 14.8 Å². The van der Waals surface area contributed by atoms with Crippen molar-refractivity contribution >= 4 is 56.7 Å². The summed E-state index contributed by atoms with van der Waals surface area (Å²) in [7, 11) is -4.10. The number of anilines is 2. The fourth-order valence-electron chi connectivity index (χ4n) is 2.39. The molecule has 1 heterocycles. The Kier molecular flexibility index (Phi) is 7.20. The summed E-state index contributed by atoms with van der Waals surface area (Å²) in [5.74, 6) is -2.25. The highest BCUT2D eigenvalue weighted by atomic mass is 32.2. The maximum atomic E-state index is 12.4. The third-order valence-electron chi connectivity index (χ3n) is 3.92. The maximum absolute atomic E-state index is 12.4. The third kappa shape index (κ3) is 6.24. The van der Waals surface area contributed by atoms with E-state index in [-0.39, 0.29) is 44.4 Å². The number of carboxylic acids is 1. The zero-order chi connectivity index (χ0) is 24.0. The average molecular weight is 488 g/mol. The second kappa shape index (κ2) is 10.1. The van der Waals surface area contributed by atoms with Gasteiger partial charge in [-0.25, -0.2) is 23.1 Å². The Morgan fingerprint density at radius 1 is 0.970 bits per heavy atom. The zero-order valence-electron chi connectivity index (χ0n) is 16.7. The highest BCUT2D eigenvalue weighted by Gasteiger charge is 2.18. The maximum Gasteiger partial charge on any atom is 0.313 e. The predicted octanol–water partition coefficient (Wildman–Crippen LogP) is 2.35. The number of amides is 1. The van der Waals surface area contributed by atoms with Crippen molar-refractivity contribution in [2.45, 2.75) is 10.1 Å². The minimum atomic E-state index is -4.10. The molecule has 0 aliphatic heterocycles. The second-order valence-corrected chi connectivity index (χ2v) is 8.93. The zero-order valence-corrected chi connectivity index (χ0v) is 18.4. The van der Waals surface area contributed by atoms with Crippen LogP contribution >= 0.6 is 11.8 Å². The molecule has 2 aromatic carbocycles. The molecule has 0 atom stereocenters. The van der Waals surface area contributed by atoms with Crippen molar-refractivity contribution < 1.29 is 23.1 Å². The van der Waals surface area contributed by atoms with E-state index >= 15 is 0 Å². The van der Waals surface area contributed by atoms with Crippen molar-refractivity contribution in [2.75, 3.05) is 17.2 Å². The van der Waals surface area contributed by atoms with Gasteiger partial charge in [0.05, 0.1) is 16.3 Å². The third-order valence-corrected chi connectivity index (χ3v) is 6.10. The number of carboxylic acid groups (broad SMARTS) is 1. The van der Waals surface area contributed by atoms with Gasteiger partial charge in [-0.1, -0.05) is 30.0 Å². The summed E-state index contributed by atoms with van der Waals surface area (Å²) in [5, 5.41) is 16.6. The van der Waals surface area contributed by atoms with Gasteiger partial charge in [0.15, 0.2) is 22.5 Å². The van der Waals surface area contributed by atoms with E-state index in [2.05, 4.69) is 20.2 Å². The number of nitrogen functional groups attached to an aromatic ring is 2. The normalized spacial score (nSPS) is 11.4. The Morgan fingerprint density at radius 2 is 1.58 bits per heavy atom. The van der Waals surface area contributed by atoms with Crippen LogP contribution in [0.5, 0.6) is 0 Å². The number of benzene rings is 2. The van der Waals surface area contributed by atoms with Gasteiger partial charge in [-0.3, -0.25) is 9.59 Å². The van der Waals surface area contributed by atoms with Crippen LogP contribution in [0.2, 0.25) is 0 Å². The lowest BCUT2D eigenvalue weighted by Gasteiger charge is -2.07. The Balaban J connectivity index is 1.72. The fraction of sp³-hybridized carbons (Fsp3) is 0.0526. The van der Waals surface area contributed by atoms with Crippen LogP contribution in [-0.4, -0.2) is 41.1 Å². The van der Waals surface area contributed by atoms with Gasteiger partial charge in [0.2, 0.25) is 0 Å². The van der Waals surface area contributed by atoms with Crippen LogP contribution in [0.25, 0.3) is 0 Å². The topological polar surface area (TPSA) is 203 Å². The number of carbonyl (C=O) groups is 2. The van der Waals surface area contributed by atoms with Gasteiger partial charge in [0.1, 0.15) is 0 Å². The van der Waals surface area contributed by atoms with E-state index in [0.29, 0.717) is 0 Å². The van der Waals surface area contributed by atoms with Crippen molar-refractivity contribution in [3.8, 4) is 0 Å². The minimum Gasteiger partial charge on any atom is -0.481 e. The molecule has 0 aliphatic rings. The molecule has 3 aromatic rings. The lowest BCUT2D eigenvalue weighted by atomic mass is 10.2. The Bertz CT molecular complexity index is 1290. The van der Waals surface area contributed by atoms with Gasteiger partial charge in [-0.15, -0.1) is 5.11 Å². The first-order valence-electron chi connectivity index (χ1n) is 9.07. The van der Waals surface area contributed by atoms with E-state index in [9.17, 15) is 18.0 Å². The van der Waals surface area contributed by atoms with E-state index in [1.165, 1.54) is 36.4 Å². The molecule has 0 bridgehead atoms. The highest BCUT2D eigenvalue weighted by molar-refractivity contribution is 7.99. The summed E-state index contributed by atoms with van der Waals surface area (Å²) in [6, 6.07) is 13.2. The van der Waals surface area contributed by atoms with Crippen molar-refractivity contribution in [2.24, 2.45) is 10.2 Å². The fourth-order valence-corrected chi connectivity index (χ4v) is 3.94. The molecule has 33 heavy (non-hydrogen) atoms. The monoisotopic (exact) mass is 487 g/mol. The van der Waals surface area contributed by atoms with Crippen molar-refractivity contribution in [3.05, 3.63) is 60.2 Å². The molecule has 1 aromatic heterocycles.